The van der Waals surface area contributed by atoms with Crippen molar-refractivity contribution in [1.82, 2.24) is 29.7 Å². The van der Waals surface area contributed by atoms with E-state index < -0.39 is 11.2 Å². The van der Waals surface area contributed by atoms with E-state index in [1.165, 1.54) is 0 Å². The molecule has 0 bridgehead atoms. The van der Waals surface area contributed by atoms with E-state index >= 15 is 0 Å². The lowest BCUT2D eigenvalue weighted by atomic mass is 9.98. The summed E-state index contributed by atoms with van der Waals surface area (Å²) < 4.78 is 34.9. The lowest BCUT2D eigenvalue weighted by molar-refractivity contribution is 0.0213. The summed E-state index contributed by atoms with van der Waals surface area (Å²) in [4.78, 5) is 45.8. The van der Waals surface area contributed by atoms with Crippen LogP contribution in [0.15, 0.2) is 48.8 Å². The van der Waals surface area contributed by atoms with Gasteiger partial charge < -0.3 is 38.4 Å². The number of aromatic amines is 2. The average molecular weight is 791 g/mol. The third-order valence-electron chi connectivity index (χ3n) is 9.19. The molecule has 302 valence electrons. The summed E-state index contributed by atoms with van der Waals surface area (Å²) >= 11 is 1.67. The Labute approximate surface area is 332 Å². The summed E-state index contributed by atoms with van der Waals surface area (Å²) in [5, 5.41) is 0. The first-order valence-electron chi connectivity index (χ1n) is 18.9. The van der Waals surface area contributed by atoms with Crippen LogP contribution in [0.2, 0.25) is 0 Å². The van der Waals surface area contributed by atoms with E-state index in [0.29, 0.717) is 49.6 Å². The molecule has 14 nitrogen and oxygen atoms in total. The smallest absolute Gasteiger partial charge is 0.411 e. The fourth-order valence-electron chi connectivity index (χ4n) is 6.63. The zero-order valence-corrected chi connectivity index (χ0v) is 34.4. The lowest BCUT2D eigenvalue weighted by Crippen LogP contribution is -2.37. The number of carbonyl (C=O) groups excluding carboxylic acids is 2. The number of aromatic nitrogens is 4. The molecule has 0 saturated carbocycles. The summed E-state index contributed by atoms with van der Waals surface area (Å²) in [6.07, 6.45) is 4.49. The van der Waals surface area contributed by atoms with Crippen molar-refractivity contribution >= 4 is 23.9 Å². The van der Waals surface area contributed by atoms with Crippen molar-refractivity contribution < 1.29 is 38.0 Å². The molecule has 2 saturated heterocycles. The monoisotopic (exact) mass is 790 g/mol. The molecule has 2 atom stereocenters. The van der Waals surface area contributed by atoms with Crippen LogP contribution in [-0.4, -0.2) is 112 Å². The van der Waals surface area contributed by atoms with Gasteiger partial charge in [-0.25, -0.2) is 19.6 Å². The number of H-pyrrole nitrogens is 2. The Morgan fingerprint density at radius 1 is 0.714 bits per heavy atom. The van der Waals surface area contributed by atoms with Crippen molar-refractivity contribution in [3.05, 3.63) is 60.4 Å². The van der Waals surface area contributed by atoms with Gasteiger partial charge in [-0.15, -0.1) is 11.8 Å². The van der Waals surface area contributed by atoms with E-state index in [1.807, 2.05) is 77.9 Å². The highest BCUT2D eigenvalue weighted by Gasteiger charge is 2.37. The molecule has 56 heavy (non-hydrogen) atoms. The van der Waals surface area contributed by atoms with Crippen LogP contribution >= 0.6 is 11.8 Å². The van der Waals surface area contributed by atoms with Gasteiger partial charge in [0.1, 0.15) is 42.1 Å². The molecule has 15 heteroatoms. The number of nitrogens with one attached hydrogen (secondary N) is 2. The molecule has 2 aliphatic heterocycles. The fraction of sp³-hybridized carbons (Fsp3) is 0.512. The highest BCUT2D eigenvalue weighted by molar-refractivity contribution is 7.99. The van der Waals surface area contributed by atoms with Crippen LogP contribution in [0.3, 0.4) is 0 Å². The van der Waals surface area contributed by atoms with Crippen LogP contribution in [0.5, 0.6) is 11.5 Å². The molecule has 4 aromatic rings. The summed E-state index contributed by atoms with van der Waals surface area (Å²) in [6, 6.07) is 11.7. The normalized spacial score (nSPS) is 17.4. The van der Waals surface area contributed by atoms with Crippen molar-refractivity contribution in [2.45, 2.75) is 77.7 Å². The quantitative estimate of drug-likeness (QED) is 0.126. The van der Waals surface area contributed by atoms with Gasteiger partial charge in [-0.1, -0.05) is 24.3 Å². The molecule has 2 aromatic carbocycles. The summed E-state index contributed by atoms with van der Waals surface area (Å²) in [7, 11) is 3.26. The fourth-order valence-corrected chi connectivity index (χ4v) is 7.78. The van der Waals surface area contributed by atoms with E-state index in [-0.39, 0.29) is 30.9 Å². The molecule has 6 rings (SSSR count). The number of likely N-dealkylation sites (tertiary alicyclic amines) is 1. The van der Waals surface area contributed by atoms with Crippen LogP contribution < -0.4 is 9.47 Å². The minimum atomic E-state index is -0.599. The number of nitrogens with zero attached hydrogens (tertiary/aromatic N) is 4. The number of amides is 2. The SMILES string of the molecule is COCCOc1c(-c2ccc(-c3cnc(C4CSCN4C(=O)OC(C)(C)C)[nH]3)cc2)ccc(-c2cnc(C3CCCN3C(=O)OC(C)(C)C)[nH]2)c1OCCOC. The molecule has 2 aliphatic rings. The molecule has 0 radical (unpaired) electrons. The predicted molar refractivity (Wildman–Crippen MR) is 215 cm³/mol. The number of rotatable bonds is 13. The molecule has 2 unspecified atom stereocenters. The van der Waals surface area contributed by atoms with Crippen molar-refractivity contribution in [2.75, 3.05) is 58.8 Å². The summed E-state index contributed by atoms with van der Waals surface area (Å²) in [6.45, 7) is 13.1. The zero-order chi connectivity index (χ0) is 40.0. The molecule has 2 amide bonds. The molecule has 2 N–H and O–H groups in total. The Balaban J connectivity index is 1.29. The van der Waals surface area contributed by atoms with Crippen molar-refractivity contribution in [3.63, 3.8) is 0 Å². The largest absolute Gasteiger partial charge is 0.487 e. The van der Waals surface area contributed by atoms with Gasteiger partial charge in [0.25, 0.3) is 0 Å². The Morgan fingerprint density at radius 2 is 1.25 bits per heavy atom. The second-order valence-electron chi connectivity index (χ2n) is 15.7. The standard InChI is InChI=1S/C41H54N6O8S/c1-40(2,3)54-38(48)46-17-9-10-32(46)36-43-23-31(45-36)29-16-15-28(34(52-20-18-50-7)35(29)53-21-19-51-8)26-11-13-27(14-12-26)30-22-42-37(44-30)33-24-56-25-47(33)39(49)55-41(4,5)6/h11-16,22-23,32-33H,9-10,17-21,24-25H2,1-8H3,(H,42,44)(H,43,45). The topological polar surface area (TPSA) is 153 Å². The molecular formula is C41H54N6O8S. The first-order valence-corrected chi connectivity index (χ1v) is 20.1. The second-order valence-corrected chi connectivity index (χ2v) is 16.7. The van der Waals surface area contributed by atoms with Gasteiger partial charge >= 0.3 is 12.2 Å². The van der Waals surface area contributed by atoms with Crippen LogP contribution in [0, 0.1) is 0 Å². The maximum absolute atomic E-state index is 13.1. The molecule has 4 heterocycles. The number of hydrogen-bond donors (Lipinski definition) is 2. The van der Waals surface area contributed by atoms with E-state index in [2.05, 4.69) is 15.0 Å². The third kappa shape index (κ3) is 9.79. The number of benzene rings is 2. The van der Waals surface area contributed by atoms with Gasteiger partial charge in [-0.2, -0.15) is 0 Å². The Bertz CT molecular complexity index is 1950. The van der Waals surface area contributed by atoms with Gasteiger partial charge in [0.15, 0.2) is 11.5 Å². The third-order valence-corrected chi connectivity index (χ3v) is 10.2. The van der Waals surface area contributed by atoms with Crippen LogP contribution in [0.1, 0.15) is 78.1 Å². The van der Waals surface area contributed by atoms with E-state index in [4.69, 9.17) is 33.4 Å². The molecule has 0 spiro atoms. The van der Waals surface area contributed by atoms with Crippen LogP contribution in [0.25, 0.3) is 33.6 Å². The Morgan fingerprint density at radius 3 is 1.88 bits per heavy atom. The number of carbonyl (C=O) groups is 2. The molecule has 2 aromatic heterocycles. The molecular weight excluding hydrogens is 737 g/mol. The summed E-state index contributed by atoms with van der Waals surface area (Å²) in [5.74, 6) is 3.76. The van der Waals surface area contributed by atoms with Crippen LogP contribution in [-0.2, 0) is 18.9 Å². The van der Waals surface area contributed by atoms with Crippen molar-refractivity contribution in [2.24, 2.45) is 0 Å². The van der Waals surface area contributed by atoms with Gasteiger partial charge in [0.2, 0.25) is 0 Å². The minimum absolute atomic E-state index is 0.210. The highest BCUT2D eigenvalue weighted by atomic mass is 32.2. The molecule has 2 fully saturated rings. The van der Waals surface area contributed by atoms with E-state index in [9.17, 15) is 9.59 Å². The van der Waals surface area contributed by atoms with Crippen molar-refractivity contribution in [1.29, 1.82) is 0 Å². The number of imidazole rings is 2. The first kappa shape index (κ1) is 40.9. The number of thioether (sulfide) groups is 1. The minimum Gasteiger partial charge on any atom is -0.487 e. The van der Waals surface area contributed by atoms with Gasteiger partial charge in [-0.3, -0.25) is 9.80 Å². The number of ether oxygens (including phenoxy) is 6. The molecule has 0 aliphatic carbocycles. The predicted octanol–water partition coefficient (Wildman–Crippen LogP) is 8.24. The Hall–Kier alpha value is -4.73. The average Bonchev–Trinajstić information content (AvgIpc) is 3.97. The van der Waals surface area contributed by atoms with Gasteiger partial charge in [0.05, 0.1) is 48.9 Å². The maximum Gasteiger partial charge on any atom is 0.411 e. The lowest BCUT2D eigenvalue weighted by Gasteiger charge is -2.27. The zero-order valence-electron chi connectivity index (χ0n) is 33.6. The maximum atomic E-state index is 13.1. The second kappa shape index (κ2) is 17.6. The number of methoxy groups -OCH3 is 2. The first-order chi connectivity index (χ1) is 26.8. The van der Waals surface area contributed by atoms with Gasteiger partial charge in [0, 0.05) is 37.6 Å². The number of hydrogen-bond acceptors (Lipinski definition) is 11. The van der Waals surface area contributed by atoms with E-state index in [1.54, 1.807) is 48.2 Å². The van der Waals surface area contributed by atoms with Crippen molar-refractivity contribution in [3.8, 4) is 45.1 Å². The Kier molecular flexibility index (Phi) is 12.9. The van der Waals surface area contributed by atoms with E-state index in [0.717, 1.165) is 58.1 Å². The highest BCUT2D eigenvalue weighted by Crippen LogP contribution is 2.46. The van der Waals surface area contributed by atoms with Crippen LogP contribution in [0.4, 0.5) is 9.59 Å². The summed E-state index contributed by atoms with van der Waals surface area (Å²) in [5.41, 5.74) is 3.82. The van der Waals surface area contributed by atoms with Gasteiger partial charge in [-0.05, 0) is 77.6 Å².